The molecule has 0 spiro atoms. The van der Waals surface area contributed by atoms with Gasteiger partial charge < -0.3 is 10.5 Å². The summed E-state index contributed by atoms with van der Waals surface area (Å²) in [5.41, 5.74) is 6.47. The van der Waals surface area contributed by atoms with E-state index in [0.717, 1.165) is 13.8 Å². The molecule has 5 heteroatoms. The summed E-state index contributed by atoms with van der Waals surface area (Å²) >= 11 is 8.42. The summed E-state index contributed by atoms with van der Waals surface area (Å²) in [5, 5.41) is 2.03. The highest BCUT2D eigenvalue weighted by Gasteiger charge is 2.03. The molecule has 0 saturated heterocycles. The van der Waals surface area contributed by atoms with Gasteiger partial charge >= 0.3 is 0 Å². The first-order valence-corrected chi connectivity index (χ1v) is 7.02. The lowest BCUT2D eigenvalue weighted by atomic mass is 10.3. The van der Waals surface area contributed by atoms with Crippen molar-refractivity contribution in [2.24, 2.45) is 0 Å². The van der Waals surface area contributed by atoms with Crippen molar-refractivity contribution in [2.75, 3.05) is 5.73 Å². The average Bonchev–Trinajstić information content (AvgIpc) is 2.63. The summed E-state index contributed by atoms with van der Waals surface area (Å²) in [6, 6.07) is 7.65. The van der Waals surface area contributed by atoms with Gasteiger partial charge in [0.25, 0.3) is 0 Å². The fourth-order valence-corrected chi connectivity index (χ4v) is 2.97. The van der Waals surface area contributed by atoms with Crippen molar-refractivity contribution in [3.63, 3.8) is 0 Å². The topological polar surface area (TPSA) is 35.2 Å². The zero-order valence-corrected chi connectivity index (χ0v) is 12.2. The van der Waals surface area contributed by atoms with Crippen molar-refractivity contribution in [2.45, 2.75) is 6.61 Å². The first kappa shape index (κ1) is 12.0. The zero-order chi connectivity index (χ0) is 11.5. The zero-order valence-electron chi connectivity index (χ0n) is 8.24. The Labute approximate surface area is 115 Å². The largest absolute Gasteiger partial charge is 0.486 e. The third-order valence-electron chi connectivity index (χ3n) is 1.96. The van der Waals surface area contributed by atoms with Crippen molar-refractivity contribution in [1.82, 2.24) is 0 Å². The molecule has 0 saturated carbocycles. The van der Waals surface area contributed by atoms with Gasteiger partial charge in [-0.25, -0.2) is 0 Å². The van der Waals surface area contributed by atoms with E-state index in [9.17, 15) is 0 Å². The number of ether oxygens (including phenoxy) is 1. The molecular weight excluding hydrogens is 354 g/mol. The van der Waals surface area contributed by atoms with Gasteiger partial charge in [-0.1, -0.05) is 15.9 Å². The molecule has 0 fully saturated rings. The summed E-state index contributed by atoms with van der Waals surface area (Å²) in [5.74, 6) is 0.715. The highest BCUT2D eigenvalue weighted by atomic mass is 79.9. The van der Waals surface area contributed by atoms with Crippen LogP contribution in [0.4, 0.5) is 5.69 Å². The van der Waals surface area contributed by atoms with E-state index in [1.165, 1.54) is 0 Å². The monoisotopic (exact) mass is 361 g/mol. The maximum Gasteiger partial charge on any atom is 0.142 e. The molecule has 2 nitrogen and oxygen atoms in total. The molecule has 0 aliphatic rings. The van der Waals surface area contributed by atoms with Gasteiger partial charge in [0, 0.05) is 19.2 Å². The molecule has 0 bridgehead atoms. The van der Waals surface area contributed by atoms with Gasteiger partial charge in [-0.3, -0.25) is 0 Å². The van der Waals surface area contributed by atoms with E-state index in [-0.39, 0.29) is 0 Å². The van der Waals surface area contributed by atoms with Crippen LogP contribution < -0.4 is 10.5 Å². The Bertz CT molecular complexity index is 498. The van der Waals surface area contributed by atoms with Crippen LogP contribution in [0.5, 0.6) is 5.75 Å². The van der Waals surface area contributed by atoms with E-state index < -0.39 is 0 Å². The van der Waals surface area contributed by atoms with Gasteiger partial charge in [-0.2, -0.15) is 0 Å². The minimum Gasteiger partial charge on any atom is -0.486 e. The predicted octanol–water partition coefficient (Wildman–Crippen LogP) is 4.43. The Kier molecular flexibility index (Phi) is 3.89. The normalized spacial score (nSPS) is 10.4. The fourth-order valence-electron chi connectivity index (χ4n) is 1.23. The lowest BCUT2D eigenvalue weighted by Gasteiger charge is -2.07. The van der Waals surface area contributed by atoms with Crippen LogP contribution in [0.2, 0.25) is 0 Å². The molecule has 2 N–H and O–H groups in total. The highest BCUT2D eigenvalue weighted by Crippen LogP contribution is 2.27. The number of rotatable bonds is 3. The van der Waals surface area contributed by atoms with Crippen LogP contribution in [0.15, 0.2) is 38.6 Å². The van der Waals surface area contributed by atoms with Crippen LogP contribution in [0.1, 0.15) is 4.88 Å². The minimum atomic E-state index is 0.544. The second kappa shape index (κ2) is 5.21. The maximum atomic E-state index is 5.83. The summed E-state index contributed by atoms with van der Waals surface area (Å²) < 4.78 is 7.67. The smallest absolute Gasteiger partial charge is 0.142 e. The third-order valence-corrected chi connectivity index (χ3v) is 4.13. The third kappa shape index (κ3) is 2.99. The predicted molar refractivity (Wildman–Crippen MR) is 74.9 cm³/mol. The molecule has 0 unspecified atom stereocenters. The Morgan fingerprint density at radius 1 is 1.19 bits per heavy atom. The number of halogens is 2. The van der Waals surface area contributed by atoms with Crippen molar-refractivity contribution < 1.29 is 4.74 Å². The van der Waals surface area contributed by atoms with Crippen LogP contribution in [0.25, 0.3) is 0 Å². The van der Waals surface area contributed by atoms with Gasteiger partial charge in [0.15, 0.2) is 0 Å². The molecule has 0 amide bonds. The molecule has 0 aliphatic carbocycles. The van der Waals surface area contributed by atoms with E-state index in [4.69, 9.17) is 10.5 Å². The van der Waals surface area contributed by atoms with E-state index in [0.29, 0.717) is 18.0 Å². The van der Waals surface area contributed by atoms with Crippen molar-refractivity contribution in [3.8, 4) is 5.75 Å². The van der Waals surface area contributed by atoms with E-state index in [1.807, 2.05) is 29.6 Å². The number of hydrogen-bond donors (Lipinski definition) is 1. The molecule has 0 atom stereocenters. The lowest BCUT2D eigenvalue weighted by molar-refractivity contribution is 0.311. The summed E-state index contributed by atoms with van der Waals surface area (Å²) in [6.07, 6.45) is 0. The Hall–Kier alpha value is -0.520. The molecule has 2 aromatic rings. The number of hydrogen-bond acceptors (Lipinski definition) is 3. The number of nitrogens with two attached hydrogens (primary N) is 1. The second-order valence-corrected chi connectivity index (χ2v) is 6.03. The maximum absolute atomic E-state index is 5.83. The van der Waals surface area contributed by atoms with Crippen LogP contribution >= 0.6 is 43.2 Å². The minimum absolute atomic E-state index is 0.544. The molecule has 1 heterocycles. The first-order valence-electron chi connectivity index (χ1n) is 4.56. The summed E-state index contributed by atoms with van der Waals surface area (Å²) in [7, 11) is 0. The van der Waals surface area contributed by atoms with Crippen LogP contribution in [0, 0.1) is 0 Å². The van der Waals surface area contributed by atoms with E-state index in [1.54, 1.807) is 11.3 Å². The van der Waals surface area contributed by atoms with Gasteiger partial charge in [0.05, 0.1) is 5.69 Å². The molecule has 2 rings (SSSR count). The van der Waals surface area contributed by atoms with Crippen LogP contribution in [0.3, 0.4) is 0 Å². The van der Waals surface area contributed by atoms with Gasteiger partial charge in [0.2, 0.25) is 0 Å². The Morgan fingerprint density at radius 3 is 2.62 bits per heavy atom. The van der Waals surface area contributed by atoms with E-state index >= 15 is 0 Å². The van der Waals surface area contributed by atoms with Crippen LogP contribution in [-0.4, -0.2) is 0 Å². The standard InChI is InChI=1S/C11H9Br2NOS/c12-7-1-2-11(10(14)4-7)15-5-9-3-8(13)6-16-9/h1-4,6H,5,14H2. The summed E-state index contributed by atoms with van der Waals surface area (Å²) in [4.78, 5) is 1.16. The number of anilines is 1. The Morgan fingerprint density at radius 2 is 2.00 bits per heavy atom. The van der Waals surface area contributed by atoms with Crippen LogP contribution in [-0.2, 0) is 6.61 Å². The molecule has 1 aromatic carbocycles. The average molecular weight is 363 g/mol. The number of nitrogen functional groups attached to an aromatic ring is 1. The number of thiophene rings is 1. The lowest BCUT2D eigenvalue weighted by Crippen LogP contribution is -1.97. The fraction of sp³-hybridized carbons (Fsp3) is 0.0909. The quantitative estimate of drug-likeness (QED) is 0.819. The second-order valence-electron chi connectivity index (χ2n) is 3.20. The van der Waals surface area contributed by atoms with Crippen molar-refractivity contribution in [3.05, 3.63) is 43.5 Å². The van der Waals surface area contributed by atoms with Gasteiger partial charge in [0.1, 0.15) is 12.4 Å². The molecule has 1 aromatic heterocycles. The molecule has 0 radical (unpaired) electrons. The molecular formula is C11H9Br2NOS. The van der Waals surface area contributed by atoms with E-state index in [2.05, 4.69) is 31.9 Å². The van der Waals surface area contributed by atoms with Crippen molar-refractivity contribution >= 4 is 48.9 Å². The van der Waals surface area contributed by atoms with Crippen molar-refractivity contribution in [1.29, 1.82) is 0 Å². The molecule has 0 aliphatic heterocycles. The Balaban J connectivity index is 2.04. The molecule has 16 heavy (non-hydrogen) atoms. The van der Waals surface area contributed by atoms with Gasteiger partial charge in [-0.15, -0.1) is 11.3 Å². The van der Waals surface area contributed by atoms with Gasteiger partial charge in [-0.05, 0) is 40.2 Å². The highest BCUT2D eigenvalue weighted by molar-refractivity contribution is 9.10. The SMILES string of the molecule is Nc1cc(Br)ccc1OCc1cc(Br)cs1. The first-order chi connectivity index (χ1) is 7.65. The molecule has 84 valence electrons. The summed E-state index contributed by atoms with van der Waals surface area (Å²) in [6.45, 7) is 0.544. The number of benzene rings is 1.